The highest BCUT2D eigenvalue weighted by Gasteiger charge is 2.24. The summed E-state index contributed by atoms with van der Waals surface area (Å²) < 4.78 is 5.67. The molecule has 1 heterocycles. The van der Waals surface area contributed by atoms with Crippen molar-refractivity contribution in [3.63, 3.8) is 0 Å². The molecule has 0 spiro atoms. The fourth-order valence-electron chi connectivity index (χ4n) is 3.60. The number of hydrogen-bond donors (Lipinski definition) is 1. The molecule has 1 aliphatic rings. The number of nitrogens with zero attached hydrogens (tertiary/aromatic N) is 1. The van der Waals surface area contributed by atoms with E-state index in [-0.39, 0.29) is 24.5 Å². The van der Waals surface area contributed by atoms with E-state index in [2.05, 4.69) is 19.2 Å². The number of ether oxygens (including phenoxy) is 1. The van der Waals surface area contributed by atoms with Crippen LogP contribution in [-0.2, 0) is 4.79 Å². The molecule has 2 aromatic carbocycles. The fourth-order valence-corrected chi connectivity index (χ4v) is 3.60. The van der Waals surface area contributed by atoms with Crippen LogP contribution in [0.5, 0.6) is 5.75 Å². The van der Waals surface area contributed by atoms with Gasteiger partial charge in [-0.3, -0.25) is 9.59 Å². The molecule has 1 saturated heterocycles. The molecule has 0 aromatic heterocycles. The summed E-state index contributed by atoms with van der Waals surface area (Å²) >= 11 is 0. The predicted molar refractivity (Wildman–Crippen MR) is 119 cm³/mol. The van der Waals surface area contributed by atoms with Crippen molar-refractivity contribution in [2.24, 2.45) is 0 Å². The summed E-state index contributed by atoms with van der Waals surface area (Å²) in [5.41, 5.74) is 4.25. The number of piperidine rings is 1. The summed E-state index contributed by atoms with van der Waals surface area (Å²) in [5.74, 6) is 1.11. The van der Waals surface area contributed by atoms with Gasteiger partial charge in [0.1, 0.15) is 5.75 Å². The Morgan fingerprint density at radius 3 is 2.30 bits per heavy atom. The number of likely N-dealkylation sites (tertiary alicyclic amines) is 1. The van der Waals surface area contributed by atoms with Gasteiger partial charge in [-0.05, 0) is 73.6 Å². The predicted octanol–water partition coefficient (Wildman–Crippen LogP) is 4.23. The largest absolute Gasteiger partial charge is 0.484 e. The van der Waals surface area contributed by atoms with Gasteiger partial charge in [-0.15, -0.1) is 0 Å². The third kappa shape index (κ3) is 5.62. The van der Waals surface area contributed by atoms with E-state index in [0.29, 0.717) is 24.6 Å². The Labute approximate surface area is 179 Å². The fraction of sp³-hybridized carbons (Fsp3) is 0.440. The molecule has 5 nitrogen and oxygen atoms in total. The summed E-state index contributed by atoms with van der Waals surface area (Å²) in [7, 11) is 0. The van der Waals surface area contributed by atoms with Crippen LogP contribution in [0, 0.1) is 13.8 Å². The van der Waals surface area contributed by atoms with Crippen molar-refractivity contribution in [1.82, 2.24) is 10.2 Å². The molecule has 0 bridgehead atoms. The number of carbonyl (C=O) groups is 2. The van der Waals surface area contributed by atoms with Gasteiger partial charge in [-0.25, -0.2) is 0 Å². The van der Waals surface area contributed by atoms with Crippen LogP contribution < -0.4 is 10.1 Å². The first kappa shape index (κ1) is 21.9. The SMILES string of the molecule is Cc1ccc(OCC(=O)N2CCC(NC(=O)c3ccc(C(C)C)cc3)CC2)cc1C. The molecule has 160 valence electrons. The third-order valence-corrected chi connectivity index (χ3v) is 5.86. The minimum Gasteiger partial charge on any atom is -0.484 e. The molecule has 0 atom stereocenters. The average molecular weight is 409 g/mol. The van der Waals surface area contributed by atoms with Gasteiger partial charge in [0, 0.05) is 24.7 Å². The quantitative estimate of drug-likeness (QED) is 0.778. The molecular formula is C25H32N2O3. The van der Waals surface area contributed by atoms with Gasteiger partial charge < -0.3 is 15.0 Å². The van der Waals surface area contributed by atoms with Crippen LogP contribution in [-0.4, -0.2) is 42.5 Å². The lowest BCUT2D eigenvalue weighted by molar-refractivity contribution is -0.134. The van der Waals surface area contributed by atoms with E-state index in [4.69, 9.17) is 4.74 Å². The van der Waals surface area contributed by atoms with Gasteiger partial charge in [0.2, 0.25) is 0 Å². The van der Waals surface area contributed by atoms with E-state index in [0.717, 1.165) is 24.2 Å². The maximum atomic E-state index is 12.5. The minimum absolute atomic E-state index is 0.0118. The van der Waals surface area contributed by atoms with Crippen molar-refractivity contribution in [2.75, 3.05) is 19.7 Å². The van der Waals surface area contributed by atoms with Crippen LogP contribution in [0.15, 0.2) is 42.5 Å². The number of rotatable bonds is 6. The topological polar surface area (TPSA) is 58.6 Å². The molecule has 0 saturated carbocycles. The van der Waals surface area contributed by atoms with E-state index >= 15 is 0 Å². The van der Waals surface area contributed by atoms with E-state index < -0.39 is 0 Å². The minimum atomic E-state index is -0.0480. The Balaban J connectivity index is 1.44. The van der Waals surface area contributed by atoms with Crippen molar-refractivity contribution in [2.45, 2.75) is 52.5 Å². The van der Waals surface area contributed by atoms with Crippen LogP contribution >= 0.6 is 0 Å². The van der Waals surface area contributed by atoms with E-state index in [1.165, 1.54) is 11.1 Å². The maximum Gasteiger partial charge on any atom is 0.260 e. The zero-order valence-electron chi connectivity index (χ0n) is 18.4. The zero-order chi connectivity index (χ0) is 21.7. The van der Waals surface area contributed by atoms with Crippen molar-refractivity contribution in [1.29, 1.82) is 0 Å². The lowest BCUT2D eigenvalue weighted by Gasteiger charge is -2.32. The van der Waals surface area contributed by atoms with Crippen LogP contribution in [0.3, 0.4) is 0 Å². The Bertz CT molecular complexity index is 882. The molecule has 1 N–H and O–H groups in total. The smallest absolute Gasteiger partial charge is 0.260 e. The molecule has 5 heteroatoms. The highest BCUT2D eigenvalue weighted by Crippen LogP contribution is 2.18. The molecule has 0 radical (unpaired) electrons. The highest BCUT2D eigenvalue weighted by molar-refractivity contribution is 5.94. The summed E-state index contributed by atoms with van der Waals surface area (Å²) in [4.78, 5) is 26.8. The van der Waals surface area contributed by atoms with Crippen LogP contribution in [0.1, 0.15) is 59.7 Å². The first-order chi connectivity index (χ1) is 14.3. The molecule has 2 aromatic rings. The molecule has 0 aliphatic carbocycles. The van der Waals surface area contributed by atoms with Gasteiger partial charge in [-0.1, -0.05) is 32.0 Å². The Kier molecular flexibility index (Phi) is 7.14. The highest BCUT2D eigenvalue weighted by atomic mass is 16.5. The van der Waals surface area contributed by atoms with Crippen LogP contribution in [0.4, 0.5) is 0 Å². The Hall–Kier alpha value is -2.82. The summed E-state index contributed by atoms with van der Waals surface area (Å²) in [6, 6.07) is 13.7. The maximum absolute atomic E-state index is 12.5. The second-order valence-corrected chi connectivity index (χ2v) is 8.44. The zero-order valence-corrected chi connectivity index (χ0v) is 18.4. The van der Waals surface area contributed by atoms with Gasteiger partial charge >= 0.3 is 0 Å². The monoisotopic (exact) mass is 408 g/mol. The number of aryl methyl sites for hydroxylation is 2. The second kappa shape index (κ2) is 9.79. The molecule has 3 rings (SSSR count). The van der Waals surface area contributed by atoms with E-state index in [1.54, 1.807) is 0 Å². The summed E-state index contributed by atoms with van der Waals surface area (Å²) in [6.07, 6.45) is 1.51. The van der Waals surface area contributed by atoms with E-state index in [9.17, 15) is 9.59 Å². The molecular weight excluding hydrogens is 376 g/mol. The Morgan fingerprint density at radius 1 is 1.03 bits per heavy atom. The third-order valence-electron chi connectivity index (χ3n) is 5.86. The number of benzene rings is 2. The molecule has 0 unspecified atom stereocenters. The average Bonchev–Trinajstić information content (AvgIpc) is 2.75. The first-order valence-corrected chi connectivity index (χ1v) is 10.7. The lowest BCUT2D eigenvalue weighted by Crippen LogP contribution is -2.47. The van der Waals surface area contributed by atoms with Gasteiger partial charge in [0.15, 0.2) is 6.61 Å². The molecule has 1 fully saturated rings. The number of amides is 2. The van der Waals surface area contributed by atoms with Crippen molar-refractivity contribution in [3.05, 3.63) is 64.7 Å². The van der Waals surface area contributed by atoms with Crippen LogP contribution in [0.25, 0.3) is 0 Å². The van der Waals surface area contributed by atoms with Gasteiger partial charge in [0.05, 0.1) is 0 Å². The van der Waals surface area contributed by atoms with E-state index in [1.807, 2.05) is 61.2 Å². The van der Waals surface area contributed by atoms with Gasteiger partial charge in [-0.2, -0.15) is 0 Å². The van der Waals surface area contributed by atoms with Crippen molar-refractivity contribution >= 4 is 11.8 Å². The number of nitrogens with one attached hydrogen (secondary N) is 1. The summed E-state index contributed by atoms with van der Waals surface area (Å²) in [5, 5.41) is 3.10. The lowest BCUT2D eigenvalue weighted by atomic mass is 10.0. The standard InChI is InChI=1S/C25H32N2O3/c1-17(2)20-6-8-21(9-7-20)25(29)26-22-11-13-27(14-12-22)24(28)16-30-23-10-5-18(3)19(4)15-23/h5-10,15,17,22H,11-14,16H2,1-4H3,(H,26,29). The molecule has 1 aliphatic heterocycles. The normalized spacial score (nSPS) is 14.6. The van der Waals surface area contributed by atoms with Gasteiger partial charge in [0.25, 0.3) is 11.8 Å². The Morgan fingerprint density at radius 2 is 1.70 bits per heavy atom. The first-order valence-electron chi connectivity index (χ1n) is 10.7. The molecule has 2 amide bonds. The van der Waals surface area contributed by atoms with Crippen molar-refractivity contribution < 1.29 is 14.3 Å². The van der Waals surface area contributed by atoms with Crippen LogP contribution in [0.2, 0.25) is 0 Å². The second-order valence-electron chi connectivity index (χ2n) is 8.44. The van der Waals surface area contributed by atoms with Crippen molar-refractivity contribution in [3.8, 4) is 5.75 Å². The molecule has 30 heavy (non-hydrogen) atoms. The summed E-state index contributed by atoms with van der Waals surface area (Å²) in [6.45, 7) is 9.66. The number of carbonyl (C=O) groups excluding carboxylic acids is 2. The number of hydrogen-bond acceptors (Lipinski definition) is 3.